The van der Waals surface area contributed by atoms with Crippen molar-refractivity contribution in [3.05, 3.63) is 60.2 Å². The van der Waals surface area contributed by atoms with Crippen molar-refractivity contribution in [3.8, 4) is 0 Å². The van der Waals surface area contributed by atoms with Crippen molar-refractivity contribution < 1.29 is 31.5 Å². The average molecular weight is 554 g/mol. The van der Waals surface area contributed by atoms with E-state index in [0.717, 1.165) is 42.8 Å². The number of carbonyl (C=O) groups is 1. The van der Waals surface area contributed by atoms with Gasteiger partial charge >= 0.3 is 12.1 Å². The summed E-state index contributed by atoms with van der Waals surface area (Å²) in [6, 6.07) is 13.8. The maximum Gasteiger partial charge on any atom is 0.490 e. The molecule has 2 aromatic carbocycles. The standard InChI is InChI=1S/C23H29N5O2S.C2HF3O2/c1-17(2)13-15-27-21-16-18(26-31(29,30)19-8-4-3-5-9-19)11-12-20(21)25-23(27)28-14-7-6-10-22(28)24;3-2(4,5)1(6)7/h3-5,8-9,11-13,16,22,26H,6-7,10,14-15,24H2,1-2H3;(H,6,7)/t22-;/m1./s1. The second kappa shape index (κ2) is 11.9. The molecule has 0 unspecified atom stereocenters. The second-order valence-corrected chi connectivity index (χ2v) is 10.7. The highest BCUT2D eigenvalue weighted by Gasteiger charge is 2.38. The van der Waals surface area contributed by atoms with Crippen LogP contribution in [0, 0.1) is 0 Å². The third-order valence-electron chi connectivity index (χ3n) is 5.76. The number of piperidine rings is 1. The fourth-order valence-corrected chi connectivity index (χ4v) is 4.94. The topological polar surface area (TPSA) is 131 Å². The molecule has 0 amide bonds. The Bertz CT molecular complexity index is 1400. The maximum atomic E-state index is 12.8. The molecule has 4 N–H and O–H groups in total. The minimum Gasteiger partial charge on any atom is -0.475 e. The Morgan fingerprint density at radius 1 is 1.18 bits per heavy atom. The summed E-state index contributed by atoms with van der Waals surface area (Å²) in [5.41, 5.74) is 9.80. The van der Waals surface area contributed by atoms with Gasteiger partial charge in [0, 0.05) is 13.1 Å². The highest BCUT2D eigenvalue weighted by Crippen LogP contribution is 2.29. The summed E-state index contributed by atoms with van der Waals surface area (Å²) in [4.78, 5) is 16.2. The molecule has 0 spiro atoms. The van der Waals surface area contributed by atoms with Crippen molar-refractivity contribution in [2.24, 2.45) is 5.73 Å². The molecule has 9 nitrogen and oxygen atoms in total. The van der Waals surface area contributed by atoms with Crippen molar-refractivity contribution >= 4 is 38.7 Å². The Kier molecular flexibility index (Phi) is 9.05. The van der Waals surface area contributed by atoms with E-state index in [4.69, 9.17) is 20.6 Å². The summed E-state index contributed by atoms with van der Waals surface area (Å²) in [5.74, 6) is -1.92. The molecule has 3 aromatic rings. The zero-order valence-corrected chi connectivity index (χ0v) is 21.8. The first-order valence-electron chi connectivity index (χ1n) is 11.8. The van der Waals surface area contributed by atoms with Gasteiger partial charge in [-0.2, -0.15) is 13.2 Å². The van der Waals surface area contributed by atoms with E-state index in [2.05, 4.69) is 34.1 Å². The smallest absolute Gasteiger partial charge is 0.475 e. The lowest BCUT2D eigenvalue weighted by Gasteiger charge is -2.34. The molecule has 206 valence electrons. The number of imidazole rings is 1. The number of aliphatic carboxylic acids is 1. The number of nitrogens with zero attached hydrogens (tertiary/aromatic N) is 3. The van der Waals surface area contributed by atoms with Crippen LogP contribution in [0.1, 0.15) is 33.1 Å². The number of allylic oxidation sites excluding steroid dienone is 2. The number of carboxylic acid groups (broad SMARTS) is 1. The van der Waals surface area contributed by atoms with Crippen LogP contribution in [0.2, 0.25) is 0 Å². The number of nitrogens with one attached hydrogen (secondary N) is 1. The molecule has 1 atom stereocenters. The average Bonchev–Trinajstić information content (AvgIpc) is 3.20. The Balaban J connectivity index is 0.000000505. The van der Waals surface area contributed by atoms with Crippen LogP contribution in [0.4, 0.5) is 24.8 Å². The number of benzene rings is 2. The van der Waals surface area contributed by atoms with Crippen LogP contribution in [0.15, 0.2) is 65.1 Å². The monoisotopic (exact) mass is 553 g/mol. The molecule has 13 heteroatoms. The third-order valence-corrected chi connectivity index (χ3v) is 7.16. The Hall–Kier alpha value is -3.58. The van der Waals surface area contributed by atoms with Gasteiger partial charge in [-0.3, -0.25) is 4.72 Å². The molecule has 1 saturated heterocycles. The van der Waals surface area contributed by atoms with Gasteiger partial charge in [-0.05, 0) is 63.4 Å². The predicted molar refractivity (Wildman–Crippen MR) is 139 cm³/mol. The van der Waals surface area contributed by atoms with E-state index >= 15 is 0 Å². The number of hydrogen-bond acceptors (Lipinski definition) is 6. The number of halogens is 3. The minimum absolute atomic E-state index is 0.0629. The fraction of sp³-hybridized carbons (Fsp3) is 0.360. The van der Waals surface area contributed by atoms with Crippen LogP contribution in [-0.4, -0.2) is 47.9 Å². The minimum atomic E-state index is -5.08. The van der Waals surface area contributed by atoms with Gasteiger partial charge in [-0.25, -0.2) is 18.2 Å². The molecular weight excluding hydrogens is 523 g/mol. The summed E-state index contributed by atoms with van der Waals surface area (Å²) >= 11 is 0. The van der Waals surface area contributed by atoms with Crippen molar-refractivity contribution in [1.29, 1.82) is 0 Å². The van der Waals surface area contributed by atoms with Gasteiger partial charge in [0.2, 0.25) is 5.95 Å². The Morgan fingerprint density at radius 3 is 2.42 bits per heavy atom. The number of anilines is 2. The molecule has 0 radical (unpaired) electrons. The van der Waals surface area contributed by atoms with Crippen molar-refractivity contribution in [3.63, 3.8) is 0 Å². The van der Waals surface area contributed by atoms with Crippen LogP contribution in [0.3, 0.4) is 0 Å². The van der Waals surface area contributed by atoms with Crippen molar-refractivity contribution in [2.75, 3.05) is 16.2 Å². The molecule has 0 saturated carbocycles. The van der Waals surface area contributed by atoms with E-state index < -0.39 is 22.2 Å². The van der Waals surface area contributed by atoms with E-state index in [1.54, 1.807) is 36.4 Å². The van der Waals surface area contributed by atoms with E-state index in [-0.39, 0.29) is 11.1 Å². The highest BCUT2D eigenvalue weighted by molar-refractivity contribution is 7.92. The summed E-state index contributed by atoms with van der Waals surface area (Å²) < 4.78 is 62.1. The van der Waals surface area contributed by atoms with Crippen LogP contribution in [0.5, 0.6) is 0 Å². The van der Waals surface area contributed by atoms with Gasteiger partial charge in [0.1, 0.15) is 0 Å². The SMILES string of the molecule is CC(C)=CCn1c(N2CCCC[C@@H]2N)nc2ccc(NS(=O)(=O)c3ccccc3)cc21.O=C(O)C(F)(F)F. The van der Waals surface area contributed by atoms with Gasteiger partial charge in [0.25, 0.3) is 10.0 Å². The molecule has 1 aliphatic rings. The van der Waals surface area contributed by atoms with Crippen LogP contribution in [-0.2, 0) is 21.4 Å². The lowest BCUT2D eigenvalue weighted by molar-refractivity contribution is -0.192. The zero-order valence-electron chi connectivity index (χ0n) is 20.9. The number of alkyl halides is 3. The number of nitrogens with two attached hydrogens (primary N) is 1. The number of fused-ring (bicyclic) bond motifs is 1. The van der Waals surface area contributed by atoms with Crippen molar-refractivity contribution in [1.82, 2.24) is 9.55 Å². The Morgan fingerprint density at radius 2 is 1.84 bits per heavy atom. The molecule has 2 heterocycles. The van der Waals surface area contributed by atoms with Gasteiger partial charge < -0.3 is 20.3 Å². The number of hydrogen-bond donors (Lipinski definition) is 3. The number of rotatable bonds is 6. The fourth-order valence-electron chi connectivity index (χ4n) is 3.87. The summed E-state index contributed by atoms with van der Waals surface area (Å²) in [6.45, 7) is 5.63. The quantitative estimate of drug-likeness (QED) is 0.377. The van der Waals surface area contributed by atoms with E-state index in [1.807, 2.05) is 12.1 Å². The summed E-state index contributed by atoms with van der Waals surface area (Å²) in [5, 5.41) is 7.12. The first-order chi connectivity index (χ1) is 17.8. The molecule has 1 aromatic heterocycles. The zero-order chi connectivity index (χ0) is 28.1. The lowest BCUT2D eigenvalue weighted by Crippen LogP contribution is -2.46. The molecule has 38 heavy (non-hydrogen) atoms. The van der Waals surface area contributed by atoms with Crippen LogP contribution in [0.25, 0.3) is 11.0 Å². The lowest BCUT2D eigenvalue weighted by atomic mass is 10.1. The van der Waals surface area contributed by atoms with Gasteiger partial charge in [-0.1, -0.05) is 29.8 Å². The number of carboxylic acids is 1. The van der Waals surface area contributed by atoms with E-state index in [0.29, 0.717) is 12.2 Å². The first kappa shape index (κ1) is 29.0. The molecule has 0 aliphatic carbocycles. The first-order valence-corrected chi connectivity index (χ1v) is 13.3. The van der Waals surface area contributed by atoms with Gasteiger partial charge in [-0.15, -0.1) is 0 Å². The predicted octanol–water partition coefficient (Wildman–Crippen LogP) is 4.71. The maximum absolute atomic E-state index is 12.8. The molecular formula is C25H30F3N5O4S. The second-order valence-electron chi connectivity index (χ2n) is 8.99. The van der Waals surface area contributed by atoms with E-state index in [1.165, 1.54) is 5.57 Å². The van der Waals surface area contributed by atoms with Crippen LogP contribution >= 0.6 is 0 Å². The molecule has 1 fully saturated rings. The highest BCUT2D eigenvalue weighted by atomic mass is 32.2. The van der Waals surface area contributed by atoms with Crippen LogP contribution < -0.4 is 15.4 Å². The van der Waals surface area contributed by atoms with Gasteiger partial charge in [0.05, 0.1) is 27.8 Å². The molecule has 1 aliphatic heterocycles. The summed E-state index contributed by atoms with van der Waals surface area (Å²) in [6.07, 6.45) is 0.139. The van der Waals surface area contributed by atoms with Crippen molar-refractivity contribution in [2.45, 2.75) is 56.9 Å². The number of aromatic nitrogens is 2. The van der Waals surface area contributed by atoms with Gasteiger partial charge in [0.15, 0.2) is 0 Å². The largest absolute Gasteiger partial charge is 0.490 e. The third kappa shape index (κ3) is 7.25. The van der Waals surface area contributed by atoms with E-state index in [9.17, 15) is 21.6 Å². The number of sulfonamides is 1. The normalized spacial score (nSPS) is 15.9. The Labute approximate surface area is 218 Å². The molecule has 4 rings (SSSR count). The summed E-state index contributed by atoms with van der Waals surface area (Å²) in [7, 11) is -3.67. The molecule has 0 bridgehead atoms.